The first-order valence-electron chi connectivity index (χ1n) is 8.17. The summed E-state index contributed by atoms with van der Waals surface area (Å²) in [6.45, 7) is 8.02. The zero-order valence-electron chi connectivity index (χ0n) is 13.4. The van der Waals surface area contributed by atoms with E-state index in [1.165, 1.54) is 19.3 Å². The van der Waals surface area contributed by atoms with Gasteiger partial charge in [-0.25, -0.2) is 0 Å². The molecule has 1 amide bonds. The summed E-state index contributed by atoms with van der Waals surface area (Å²) in [5.74, 6) is 0.816. The smallest absolute Gasteiger partial charge is 0.234 e. The van der Waals surface area contributed by atoms with Crippen LogP contribution in [0.4, 0.5) is 0 Å². The molecule has 1 fully saturated rings. The van der Waals surface area contributed by atoms with Gasteiger partial charge >= 0.3 is 0 Å². The van der Waals surface area contributed by atoms with Gasteiger partial charge in [-0.2, -0.15) is 0 Å². The van der Waals surface area contributed by atoms with Crippen LogP contribution in [0.25, 0.3) is 0 Å². The molecule has 0 aliphatic heterocycles. The molecule has 1 unspecified atom stereocenters. The Hall–Kier alpha value is -0.610. The molecule has 0 aromatic rings. The van der Waals surface area contributed by atoms with Crippen molar-refractivity contribution >= 4 is 5.91 Å². The van der Waals surface area contributed by atoms with Gasteiger partial charge in [-0.3, -0.25) is 9.69 Å². The van der Waals surface area contributed by atoms with Gasteiger partial charge in [0.05, 0.1) is 6.54 Å². The molecule has 0 spiro atoms. The second-order valence-corrected chi connectivity index (χ2v) is 6.57. The lowest BCUT2D eigenvalue weighted by Gasteiger charge is -2.37. The van der Waals surface area contributed by atoms with Crippen LogP contribution in [0.5, 0.6) is 0 Å². The maximum Gasteiger partial charge on any atom is 0.234 e. The molecule has 4 nitrogen and oxygen atoms in total. The summed E-state index contributed by atoms with van der Waals surface area (Å²) < 4.78 is 0. The summed E-state index contributed by atoms with van der Waals surface area (Å²) in [6.07, 6.45) is 6.62. The molecule has 1 aliphatic carbocycles. The first-order chi connectivity index (χ1) is 9.52. The molecule has 4 heteroatoms. The highest BCUT2D eigenvalue weighted by molar-refractivity contribution is 5.78. The third-order valence-electron chi connectivity index (χ3n) is 4.13. The van der Waals surface area contributed by atoms with Gasteiger partial charge in [0.2, 0.25) is 5.91 Å². The van der Waals surface area contributed by atoms with E-state index in [-0.39, 0.29) is 18.6 Å². The summed E-state index contributed by atoms with van der Waals surface area (Å²) in [7, 11) is 0. The summed E-state index contributed by atoms with van der Waals surface area (Å²) >= 11 is 0. The van der Waals surface area contributed by atoms with Crippen LogP contribution in [0.2, 0.25) is 0 Å². The SMILES string of the molecule is CC(C)CCC(C)NC(=O)CN(CCCO)C1CCC1. The number of aliphatic hydroxyl groups is 1. The van der Waals surface area contributed by atoms with E-state index in [2.05, 4.69) is 31.0 Å². The molecular formula is C16H32N2O2. The standard InChI is InChI=1S/C16H32N2O2/c1-13(2)8-9-14(3)17-16(20)12-18(10-5-11-19)15-6-4-7-15/h13-15,19H,4-12H2,1-3H3,(H,17,20). The van der Waals surface area contributed by atoms with Crippen molar-refractivity contribution in [2.75, 3.05) is 19.7 Å². The van der Waals surface area contributed by atoms with Crippen molar-refractivity contribution in [3.8, 4) is 0 Å². The fraction of sp³-hybridized carbons (Fsp3) is 0.938. The Labute approximate surface area is 123 Å². The van der Waals surface area contributed by atoms with Crippen LogP contribution in [0.15, 0.2) is 0 Å². The van der Waals surface area contributed by atoms with Crippen LogP contribution < -0.4 is 5.32 Å². The van der Waals surface area contributed by atoms with Crippen molar-refractivity contribution in [1.82, 2.24) is 10.2 Å². The second kappa shape index (κ2) is 9.35. The van der Waals surface area contributed by atoms with E-state index in [1.54, 1.807) is 0 Å². The number of carbonyl (C=O) groups excluding carboxylic acids is 1. The molecule has 0 aromatic heterocycles. The summed E-state index contributed by atoms with van der Waals surface area (Å²) in [6, 6.07) is 0.809. The first-order valence-corrected chi connectivity index (χ1v) is 8.17. The Bertz CT molecular complexity index is 278. The van der Waals surface area contributed by atoms with Crippen LogP contribution >= 0.6 is 0 Å². The van der Waals surface area contributed by atoms with Crippen molar-refractivity contribution in [3.05, 3.63) is 0 Å². The Balaban J connectivity index is 2.29. The zero-order valence-corrected chi connectivity index (χ0v) is 13.4. The van der Waals surface area contributed by atoms with Crippen molar-refractivity contribution in [2.45, 2.75) is 71.4 Å². The maximum atomic E-state index is 12.1. The fourth-order valence-electron chi connectivity index (χ4n) is 2.58. The molecule has 1 saturated carbocycles. The largest absolute Gasteiger partial charge is 0.396 e. The minimum absolute atomic E-state index is 0.131. The molecule has 0 saturated heterocycles. The molecule has 0 bridgehead atoms. The highest BCUT2D eigenvalue weighted by atomic mass is 16.3. The summed E-state index contributed by atoms with van der Waals surface area (Å²) in [5.41, 5.74) is 0. The van der Waals surface area contributed by atoms with Gasteiger partial charge in [0.1, 0.15) is 0 Å². The molecule has 0 heterocycles. The highest BCUT2D eigenvalue weighted by Crippen LogP contribution is 2.24. The number of hydrogen-bond acceptors (Lipinski definition) is 3. The van der Waals surface area contributed by atoms with E-state index >= 15 is 0 Å². The lowest BCUT2D eigenvalue weighted by atomic mass is 9.91. The van der Waals surface area contributed by atoms with Crippen molar-refractivity contribution in [3.63, 3.8) is 0 Å². The highest BCUT2D eigenvalue weighted by Gasteiger charge is 2.26. The Morgan fingerprint density at radius 3 is 2.50 bits per heavy atom. The van der Waals surface area contributed by atoms with E-state index in [0.29, 0.717) is 18.5 Å². The van der Waals surface area contributed by atoms with Crippen LogP contribution in [0, 0.1) is 5.92 Å². The molecule has 0 radical (unpaired) electrons. The number of nitrogens with zero attached hydrogens (tertiary/aromatic N) is 1. The van der Waals surface area contributed by atoms with Gasteiger partial charge < -0.3 is 10.4 Å². The predicted molar refractivity (Wildman–Crippen MR) is 82.6 cm³/mol. The van der Waals surface area contributed by atoms with Gasteiger partial charge in [-0.15, -0.1) is 0 Å². The zero-order chi connectivity index (χ0) is 15.0. The van der Waals surface area contributed by atoms with E-state index in [1.807, 2.05) is 0 Å². The Morgan fingerprint density at radius 1 is 1.30 bits per heavy atom. The Morgan fingerprint density at radius 2 is 2.00 bits per heavy atom. The molecule has 1 rings (SSSR count). The van der Waals surface area contributed by atoms with Crippen molar-refractivity contribution < 1.29 is 9.90 Å². The maximum absolute atomic E-state index is 12.1. The minimum atomic E-state index is 0.131. The number of aliphatic hydroxyl groups excluding tert-OH is 1. The number of nitrogens with one attached hydrogen (secondary N) is 1. The predicted octanol–water partition coefficient (Wildman–Crippen LogP) is 2.16. The quantitative estimate of drug-likeness (QED) is 0.646. The van der Waals surface area contributed by atoms with E-state index < -0.39 is 0 Å². The monoisotopic (exact) mass is 284 g/mol. The van der Waals surface area contributed by atoms with Crippen LogP contribution in [-0.2, 0) is 4.79 Å². The molecular weight excluding hydrogens is 252 g/mol. The van der Waals surface area contributed by atoms with E-state index in [4.69, 9.17) is 5.11 Å². The van der Waals surface area contributed by atoms with Gasteiger partial charge in [0.25, 0.3) is 0 Å². The third kappa shape index (κ3) is 6.71. The first kappa shape index (κ1) is 17.4. The molecule has 1 aliphatic rings. The average molecular weight is 284 g/mol. The normalized spacial score (nSPS) is 17.3. The molecule has 1 atom stereocenters. The molecule has 0 aromatic carbocycles. The summed E-state index contributed by atoms with van der Waals surface area (Å²) in [5, 5.41) is 12.1. The summed E-state index contributed by atoms with van der Waals surface area (Å²) in [4.78, 5) is 14.3. The number of carbonyl (C=O) groups is 1. The van der Waals surface area contributed by atoms with E-state index in [9.17, 15) is 4.79 Å². The van der Waals surface area contributed by atoms with Gasteiger partial charge in [-0.05, 0) is 44.9 Å². The third-order valence-corrected chi connectivity index (χ3v) is 4.13. The lowest BCUT2D eigenvalue weighted by Crippen LogP contribution is -2.48. The average Bonchev–Trinajstić information content (AvgIpc) is 2.31. The second-order valence-electron chi connectivity index (χ2n) is 6.57. The Kier molecular flexibility index (Phi) is 8.15. The van der Waals surface area contributed by atoms with Gasteiger partial charge in [0.15, 0.2) is 0 Å². The van der Waals surface area contributed by atoms with Gasteiger partial charge in [0, 0.05) is 25.2 Å². The number of hydrogen-bond donors (Lipinski definition) is 2. The van der Waals surface area contributed by atoms with E-state index in [0.717, 1.165) is 25.8 Å². The number of rotatable bonds is 10. The fourth-order valence-corrected chi connectivity index (χ4v) is 2.58. The van der Waals surface area contributed by atoms with Crippen molar-refractivity contribution in [1.29, 1.82) is 0 Å². The van der Waals surface area contributed by atoms with Gasteiger partial charge in [-0.1, -0.05) is 20.3 Å². The molecule has 2 N–H and O–H groups in total. The van der Waals surface area contributed by atoms with Crippen LogP contribution in [0.1, 0.15) is 59.3 Å². The topological polar surface area (TPSA) is 52.6 Å². The lowest BCUT2D eigenvalue weighted by molar-refractivity contribution is -0.124. The number of amides is 1. The van der Waals surface area contributed by atoms with Crippen LogP contribution in [0.3, 0.4) is 0 Å². The minimum Gasteiger partial charge on any atom is -0.396 e. The van der Waals surface area contributed by atoms with Crippen LogP contribution in [-0.4, -0.2) is 47.7 Å². The van der Waals surface area contributed by atoms with Crippen molar-refractivity contribution in [2.24, 2.45) is 5.92 Å². The molecule has 118 valence electrons. The molecule has 20 heavy (non-hydrogen) atoms.